The molecule has 1 saturated carbocycles. The molecule has 0 unspecified atom stereocenters. The molecule has 84 valence electrons. The maximum Gasteiger partial charge on any atom is 0.116 e. The number of imidazole rings is 1. The lowest BCUT2D eigenvalue weighted by Gasteiger charge is -2.24. The fraction of sp³-hybridized carbons (Fsp3) is 0.462. The van der Waals surface area contributed by atoms with Crippen molar-refractivity contribution >= 4 is 5.52 Å². The first-order valence-corrected chi connectivity index (χ1v) is 5.97. The Balaban J connectivity index is 2.16. The quantitative estimate of drug-likeness (QED) is 0.835. The molecule has 0 atom stereocenters. The highest BCUT2D eigenvalue weighted by atomic mass is 15.0. The van der Waals surface area contributed by atoms with Crippen molar-refractivity contribution in [2.24, 2.45) is 5.73 Å². The Hall–Kier alpha value is -1.35. The van der Waals surface area contributed by atoms with Gasteiger partial charge >= 0.3 is 0 Å². The lowest BCUT2D eigenvalue weighted by molar-refractivity contribution is 0.400. The van der Waals surface area contributed by atoms with Crippen molar-refractivity contribution in [3.63, 3.8) is 0 Å². The fourth-order valence-corrected chi connectivity index (χ4v) is 2.39. The van der Waals surface area contributed by atoms with Gasteiger partial charge in [-0.15, -0.1) is 0 Å². The maximum absolute atomic E-state index is 5.67. The highest BCUT2D eigenvalue weighted by molar-refractivity contribution is 5.55. The highest BCUT2D eigenvalue weighted by Crippen LogP contribution is 2.36. The molecule has 1 aliphatic carbocycles. The van der Waals surface area contributed by atoms with Gasteiger partial charge in [0.1, 0.15) is 5.82 Å². The molecule has 0 aliphatic heterocycles. The van der Waals surface area contributed by atoms with Crippen LogP contribution in [0.15, 0.2) is 18.3 Å². The molecule has 3 heteroatoms. The third-order valence-electron chi connectivity index (χ3n) is 3.63. The topological polar surface area (TPSA) is 43.3 Å². The fourth-order valence-electron chi connectivity index (χ4n) is 2.39. The predicted octanol–water partition coefficient (Wildman–Crippen LogP) is 2.37. The smallest absolute Gasteiger partial charge is 0.116 e. The van der Waals surface area contributed by atoms with Crippen LogP contribution in [0.1, 0.15) is 42.3 Å². The number of pyridine rings is 1. The monoisotopic (exact) mass is 215 g/mol. The molecule has 1 aliphatic rings. The summed E-state index contributed by atoms with van der Waals surface area (Å²) in [7, 11) is 0. The molecule has 3 nitrogen and oxygen atoms in total. The van der Waals surface area contributed by atoms with E-state index < -0.39 is 0 Å². The van der Waals surface area contributed by atoms with E-state index in [0.29, 0.717) is 12.5 Å². The summed E-state index contributed by atoms with van der Waals surface area (Å²) in [5.74, 6) is 1.91. The van der Waals surface area contributed by atoms with E-state index in [1.807, 2.05) is 0 Å². The van der Waals surface area contributed by atoms with Gasteiger partial charge in [0.05, 0.1) is 11.2 Å². The molecule has 2 aromatic heterocycles. The largest absolute Gasteiger partial charge is 0.326 e. The predicted molar refractivity (Wildman–Crippen MR) is 64.4 cm³/mol. The van der Waals surface area contributed by atoms with Crippen LogP contribution in [0.5, 0.6) is 0 Å². The Kier molecular flexibility index (Phi) is 2.21. The second-order valence-electron chi connectivity index (χ2n) is 4.68. The Bertz CT molecular complexity index is 523. The Labute approximate surface area is 95.3 Å². The second-order valence-corrected chi connectivity index (χ2v) is 4.68. The number of fused-ring (bicyclic) bond motifs is 1. The summed E-state index contributed by atoms with van der Waals surface area (Å²) in [5, 5.41) is 0. The van der Waals surface area contributed by atoms with E-state index in [1.54, 1.807) is 0 Å². The van der Waals surface area contributed by atoms with E-state index >= 15 is 0 Å². The van der Waals surface area contributed by atoms with E-state index in [2.05, 4.69) is 29.7 Å². The van der Waals surface area contributed by atoms with Crippen molar-refractivity contribution < 1.29 is 0 Å². The average molecular weight is 215 g/mol. The Morgan fingerprint density at radius 1 is 1.50 bits per heavy atom. The molecule has 1 fully saturated rings. The number of hydrogen-bond donors (Lipinski definition) is 1. The van der Waals surface area contributed by atoms with Crippen LogP contribution >= 0.6 is 0 Å². The third-order valence-corrected chi connectivity index (χ3v) is 3.63. The summed E-state index contributed by atoms with van der Waals surface area (Å²) < 4.78 is 2.23. The Morgan fingerprint density at radius 2 is 2.31 bits per heavy atom. The first kappa shape index (κ1) is 9.85. The minimum absolute atomic E-state index is 0.597. The number of aryl methyl sites for hydroxylation is 1. The van der Waals surface area contributed by atoms with E-state index in [9.17, 15) is 0 Å². The molecule has 16 heavy (non-hydrogen) atoms. The van der Waals surface area contributed by atoms with Crippen LogP contribution in [0, 0.1) is 6.92 Å². The molecule has 2 heterocycles. The summed E-state index contributed by atoms with van der Waals surface area (Å²) in [5.41, 5.74) is 9.18. The maximum atomic E-state index is 5.67. The van der Waals surface area contributed by atoms with Crippen molar-refractivity contribution in [2.75, 3.05) is 0 Å². The van der Waals surface area contributed by atoms with E-state index in [4.69, 9.17) is 10.7 Å². The Morgan fingerprint density at radius 3 is 2.94 bits per heavy atom. The number of aromatic nitrogens is 2. The molecule has 0 radical (unpaired) electrons. The van der Waals surface area contributed by atoms with Gasteiger partial charge in [-0.25, -0.2) is 4.98 Å². The zero-order valence-electron chi connectivity index (χ0n) is 9.61. The van der Waals surface area contributed by atoms with Crippen LogP contribution in [-0.4, -0.2) is 9.38 Å². The van der Waals surface area contributed by atoms with Crippen LogP contribution in [0.3, 0.4) is 0 Å². The minimum atomic E-state index is 0.597. The first-order valence-electron chi connectivity index (χ1n) is 5.97. The molecule has 3 rings (SSSR count). The van der Waals surface area contributed by atoms with Gasteiger partial charge in [-0.3, -0.25) is 0 Å². The number of nitrogens with two attached hydrogens (primary N) is 1. The van der Waals surface area contributed by atoms with Gasteiger partial charge in [0.15, 0.2) is 0 Å². The molecule has 0 amide bonds. The lowest BCUT2D eigenvalue weighted by Crippen LogP contribution is -2.12. The summed E-state index contributed by atoms with van der Waals surface area (Å²) in [6.07, 6.45) is 6.04. The van der Waals surface area contributed by atoms with Crippen LogP contribution in [0.2, 0.25) is 0 Å². The van der Waals surface area contributed by atoms with Crippen LogP contribution < -0.4 is 5.73 Å². The van der Waals surface area contributed by atoms with Gasteiger partial charge in [-0.2, -0.15) is 0 Å². The van der Waals surface area contributed by atoms with Crippen molar-refractivity contribution in [1.29, 1.82) is 0 Å². The SMILES string of the molecule is Cc1nc(C2CCC2)n2ccc(CN)cc12. The molecule has 0 spiro atoms. The molecule has 0 aromatic carbocycles. The van der Waals surface area contributed by atoms with Crippen molar-refractivity contribution in [1.82, 2.24) is 9.38 Å². The van der Waals surface area contributed by atoms with E-state index in [0.717, 1.165) is 5.69 Å². The van der Waals surface area contributed by atoms with Gasteiger partial charge < -0.3 is 10.1 Å². The van der Waals surface area contributed by atoms with Gasteiger partial charge in [0.25, 0.3) is 0 Å². The van der Waals surface area contributed by atoms with Gasteiger partial charge in [0.2, 0.25) is 0 Å². The zero-order chi connectivity index (χ0) is 11.1. The molecule has 2 N–H and O–H groups in total. The summed E-state index contributed by atoms with van der Waals surface area (Å²) in [6, 6.07) is 4.25. The van der Waals surface area contributed by atoms with Crippen molar-refractivity contribution in [2.45, 2.75) is 38.6 Å². The van der Waals surface area contributed by atoms with Crippen molar-refractivity contribution in [3.05, 3.63) is 35.4 Å². The summed E-state index contributed by atoms with van der Waals surface area (Å²) >= 11 is 0. The lowest BCUT2D eigenvalue weighted by atomic mass is 9.85. The number of rotatable bonds is 2. The molecule has 2 aromatic rings. The van der Waals surface area contributed by atoms with Gasteiger partial charge in [-0.05, 0) is 37.5 Å². The van der Waals surface area contributed by atoms with Crippen LogP contribution in [0.25, 0.3) is 5.52 Å². The highest BCUT2D eigenvalue weighted by Gasteiger charge is 2.24. The van der Waals surface area contributed by atoms with Gasteiger partial charge in [-0.1, -0.05) is 6.42 Å². The normalized spacial score (nSPS) is 16.6. The minimum Gasteiger partial charge on any atom is -0.326 e. The van der Waals surface area contributed by atoms with Crippen molar-refractivity contribution in [3.8, 4) is 0 Å². The molecular weight excluding hydrogens is 198 g/mol. The average Bonchev–Trinajstić information content (AvgIpc) is 2.54. The zero-order valence-corrected chi connectivity index (χ0v) is 9.61. The third kappa shape index (κ3) is 1.35. The second kappa shape index (κ2) is 3.59. The summed E-state index contributed by atoms with van der Waals surface area (Å²) in [4.78, 5) is 4.71. The standard InChI is InChI=1S/C13H17N3/c1-9-12-7-10(8-14)5-6-16(12)13(15-9)11-3-2-4-11/h5-7,11H,2-4,8,14H2,1H3. The molecule has 0 saturated heterocycles. The first-order chi connectivity index (χ1) is 7.79. The molecule has 0 bridgehead atoms. The van der Waals surface area contributed by atoms with Crippen LogP contribution in [-0.2, 0) is 6.54 Å². The number of nitrogens with zero attached hydrogens (tertiary/aromatic N) is 2. The van der Waals surface area contributed by atoms with Crippen LogP contribution in [0.4, 0.5) is 0 Å². The van der Waals surface area contributed by atoms with E-state index in [-0.39, 0.29) is 0 Å². The van der Waals surface area contributed by atoms with E-state index in [1.165, 1.54) is 36.2 Å². The molecular formula is C13H17N3. The number of hydrogen-bond acceptors (Lipinski definition) is 2. The van der Waals surface area contributed by atoms with Gasteiger partial charge in [0, 0.05) is 18.7 Å². The summed E-state index contributed by atoms with van der Waals surface area (Å²) in [6.45, 7) is 2.68.